The van der Waals surface area contributed by atoms with Gasteiger partial charge in [0.15, 0.2) is 0 Å². The summed E-state index contributed by atoms with van der Waals surface area (Å²) >= 11 is 0. The number of nitro groups is 1. The van der Waals surface area contributed by atoms with Crippen LogP contribution in [0, 0.1) is 17.0 Å². The molecular formula is C11H18N4O3. The molecule has 1 saturated carbocycles. The summed E-state index contributed by atoms with van der Waals surface area (Å²) in [6.07, 6.45) is 4.03. The van der Waals surface area contributed by atoms with Gasteiger partial charge in [-0.15, -0.1) is 0 Å². The number of nitrogens with zero attached hydrogens (tertiary/aromatic N) is 3. The van der Waals surface area contributed by atoms with E-state index < -0.39 is 4.92 Å². The minimum absolute atomic E-state index is 0.00356. The van der Waals surface area contributed by atoms with E-state index in [1.807, 2.05) is 0 Å². The summed E-state index contributed by atoms with van der Waals surface area (Å²) in [5.74, 6) is 0.131. The minimum atomic E-state index is -0.473. The Morgan fingerprint density at radius 1 is 1.50 bits per heavy atom. The van der Waals surface area contributed by atoms with Crippen molar-refractivity contribution in [2.75, 3.05) is 12.8 Å². The van der Waals surface area contributed by atoms with Gasteiger partial charge in [-0.1, -0.05) is 12.8 Å². The van der Waals surface area contributed by atoms with E-state index in [0.29, 0.717) is 5.69 Å². The number of aromatic nitrogens is 2. The number of nitrogens with two attached hydrogens (primary N) is 1. The van der Waals surface area contributed by atoms with Crippen molar-refractivity contribution in [1.82, 2.24) is 9.78 Å². The number of ether oxygens (including phenoxy) is 1. The van der Waals surface area contributed by atoms with Gasteiger partial charge in [0.1, 0.15) is 5.69 Å². The van der Waals surface area contributed by atoms with Gasteiger partial charge in [-0.05, 0) is 19.8 Å². The SMILES string of the molecule is COC1CCCCC1n1nc(C)c([N+](=O)[O-])c1N. The number of anilines is 1. The third-order valence-electron chi connectivity index (χ3n) is 3.56. The molecule has 0 bridgehead atoms. The van der Waals surface area contributed by atoms with Gasteiger partial charge in [-0.3, -0.25) is 10.1 Å². The van der Waals surface area contributed by atoms with Gasteiger partial charge in [0.2, 0.25) is 5.82 Å². The van der Waals surface area contributed by atoms with Crippen molar-refractivity contribution >= 4 is 11.5 Å². The average Bonchev–Trinajstić information content (AvgIpc) is 2.64. The highest BCUT2D eigenvalue weighted by atomic mass is 16.6. The molecule has 0 radical (unpaired) electrons. The summed E-state index contributed by atoms with van der Waals surface area (Å²) in [6.45, 7) is 1.61. The Morgan fingerprint density at radius 2 is 2.17 bits per heavy atom. The zero-order chi connectivity index (χ0) is 13.3. The first-order chi connectivity index (χ1) is 8.56. The van der Waals surface area contributed by atoms with Crippen molar-refractivity contribution in [2.45, 2.75) is 44.8 Å². The second kappa shape index (κ2) is 4.93. The number of rotatable bonds is 3. The number of methoxy groups -OCH3 is 1. The van der Waals surface area contributed by atoms with Crippen molar-refractivity contribution in [3.05, 3.63) is 15.8 Å². The van der Waals surface area contributed by atoms with Gasteiger partial charge in [0.05, 0.1) is 17.1 Å². The topological polar surface area (TPSA) is 96.2 Å². The van der Waals surface area contributed by atoms with Crippen LogP contribution in [0.5, 0.6) is 0 Å². The van der Waals surface area contributed by atoms with Crippen molar-refractivity contribution in [2.24, 2.45) is 0 Å². The van der Waals surface area contributed by atoms with Crippen LogP contribution in [-0.2, 0) is 4.74 Å². The first kappa shape index (κ1) is 12.8. The lowest BCUT2D eigenvalue weighted by atomic mass is 9.92. The Morgan fingerprint density at radius 3 is 2.72 bits per heavy atom. The Bertz CT molecular complexity index is 457. The molecule has 1 heterocycles. The monoisotopic (exact) mass is 254 g/mol. The minimum Gasteiger partial charge on any atom is -0.379 e. The zero-order valence-electron chi connectivity index (χ0n) is 10.6. The maximum atomic E-state index is 10.9. The van der Waals surface area contributed by atoms with Crippen LogP contribution in [0.2, 0.25) is 0 Å². The second-order valence-electron chi connectivity index (χ2n) is 4.65. The predicted octanol–water partition coefficient (Wildman–Crippen LogP) is 1.81. The van der Waals surface area contributed by atoms with Gasteiger partial charge in [0, 0.05) is 7.11 Å². The molecule has 7 nitrogen and oxygen atoms in total. The molecule has 0 amide bonds. The van der Waals surface area contributed by atoms with Gasteiger partial charge in [-0.25, -0.2) is 4.68 Å². The molecule has 1 aliphatic carbocycles. The Labute approximate surface area is 105 Å². The molecule has 2 rings (SSSR count). The summed E-state index contributed by atoms with van der Waals surface area (Å²) in [4.78, 5) is 10.5. The van der Waals surface area contributed by atoms with E-state index in [0.717, 1.165) is 25.7 Å². The maximum Gasteiger partial charge on any atom is 0.333 e. The van der Waals surface area contributed by atoms with Crippen LogP contribution in [0.3, 0.4) is 0 Å². The van der Waals surface area contributed by atoms with Crippen LogP contribution in [0.15, 0.2) is 0 Å². The highest BCUT2D eigenvalue weighted by molar-refractivity contribution is 5.56. The largest absolute Gasteiger partial charge is 0.379 e. The first-order valence-electron chi connectivity index (χ1n) is 6.08. The molecule has 2 N–H and O–H groups in total. The number of hydrogen-bond donors (Lipinski definition) is 1. The summed E-state index contributed by atoms with van der Waals surface area (Å²) in [7, 11) is 1.66. The zero-order valence-corrected chi connectivity index (χ0v) is 10.6. The molecule has 2 unspecified atom stereocenters. The van der Waals surface area contributed by atoms with Gasteiger partial charge >= 0.3 is 5.69 Å². The third-order valence-corrected chi connectivity index (χ3v) is 3.56. The number of hydrogen-bond acceptors (Lipinski definition) is 5. The molecule has 0 saturated heterocycles. The normalized spacial score (nSPS) is 24.1. The quantitative estimate of drug-likeness (QED) is 0.655. The van der Waals surface area contributed by atoms with Crippen LogP contribution in [0.25, 0.3) is 0 Å². The van der Waals surface area contributed by atoms with Crippen LogP contribution in [-0.4, -0.2) is 27.9 Å². The summed E-state index contributed by atoms with van der Waals surface area (Å²) < 4.78 is 7.01. The molecule has 1 aromatic heterocycles. The van der Waals surface area contributed by atoms with E-state index in [-0.39, 0.29) is 23.7 Å². The Kier molecular flexibility index (Phi) is 3.51. The first-order valence-corrected chi connectivity index (χ1v) is 6.08. The lowest BCUT2D eigenvalue weighted by Crippen LogP contribution is -2.30. The molecule has 18 heavy (non-hydrogen) atoms. The molecule has 0 aliphatic heterocycles. The molecule has 1 aromatic rings. The van der Waals surface area contributed by atoms with Crippen molar-refractivity contribution in [3.8, 4) is 0 Å². The maximum absolute atomic E-state index is 10.9. The Balaban J connectivity index is 2.38. The molecule has 1 aliphatic rings. The van der Waals surface area contributed by atoms with Crippen LogP contribution in [0.1, 0.15) is 37.4 Å². The molecule has 100 valence electrons. The average molecular weight is 254 g/mol. The third kappa shape index (κ3) is 2.05. The lowest BCUT2D eigenvalue weighted by Gasteiger charge is -2.30. The van der Waals surface area contributed by atoms with E-state index in [9.17, 15) is 10.1 Å². The van der Waals surface area contributed by atoms with E-state index in [4.69, 9.17) is 10.5 Å². The standard InChI is InChI=1S/C11H18N4O3/c1-7-10(15(16)17)11(12)14(13-7)8-5-3-4-6-9(8)18-2/h8-9H,3-6,12H2,1-2H3. The highest BCUT2D eigenvalue weighted by Crippen LogP contribution is 2.35. The van der Waals surface area contributed by atoms with Crippen molar-refractivity contribution in [3.63, 3.8) is 0 Å². The highest BCUT2D eigenvalue weighted by Gasteiger charge is 2.32. The van der Waals surface area contributed by atoms with E-state index in [2.05, 4.69) is 5.10 Å². The number of nitrogen functional groups attached to an aromatic ring is 1. The predicted molar refractivity (Wildman–Crippen MR) is 66.3 cm³/mol. The van der Waals surface area contributed by atoms with E-state index in [1.165, 1.54) is 0 Å². The Hall–Kier alpha value is -1.63. The molecule has 2 atom stereocenters. The fourth-order valence-corrected chi connectivity index (χ4v) is 2.67. The summed E-state index contributed by atoms with van der Waals surface area (Å²) in [5.41, 5.74) is 6.13. The molecular weight excluding hydrogens is 236 g/mol. The summed E-state index contributed by atoms with van der Waals surface area (Å²) in [6, 6.07) is -0.00356. The number of aryl methyl sites for hydroxylation is 1. The summed E-state index contributed by atoms with van der Waals surface area (Å²) in [5, 5.41) is 15.2. The van der Waals surface area contributed by atoms with E-state index in [1.54, 1.807) is 18.7 Å². The van der Waals surface area contributed by atoms with Gasteiger partial charge in [-0.2, -0.15) is 5.10 Å². The fourth-order valence-electron chi connectivity index (χ4n) is 2.67. The van der Waals surface area contributed by atoms with Crippen LogP contribution < -0.4 is 5.73 Å². The second-order valence-corrected chi connectivity index (χ2v) is 4.65. The van der Waals surface area contributed by atoms with Gasteiger partial charge in [0.25, 0.3) is 0 Å². The molecule has 0 aromatic carbocycles. The fraction of sp³-hybridized carbons (Fsp3) is 0.727. The van der Waals surface area contributed by atoms with Crippen molar-refractivity contribution < 1.29 is 9.66 Å². The smallest absolute Gasteiger partial charge is 0.333 e. The lowest BCUT2D eigenvalue weighted by molar-refractivity contribution is -0.384. The van der Waals surface area contributed by atoms with Gasteiger partial charge < -0.3 is 10.5 Å². The van der Waals surface area contributed by atoms with Crippen LogP contribution in [0.4, 0.5) is 11.5 Å². The van der Waals surface area contributed by atoms with Crippen LogP contribution >= 0.6 is 0 Å². The molecule has 0 spiro atoms. The van der Waals surface area contributed by atoms with Crippen molar-refractivity contribution in [1.29, 1.82) is 0 Å². The van der Waals surface area contributed by atoms with E-state index >= 15 is 0 Å². The molecule has 7 heteroatoms. The molecule has 1 fully saturated rings.